The van der Waals surface area contributed by atoms with Crippen LogP contribution < -0.4 is 20.5 Å². The van der Waals surface area contributed by atoms with Crippen LogP contribution in [0.3, 0.4) is 0 Å². The lowest BCUT2D eigenvalue weighted by atomic mass is 10.1. The Balaban J connectivity index is 1.94. The molecule has 2 aromatic carbocycles. The molecule has 0 fully saturated rings. The van der Waals surface area contributed by atoms with Crippen molar-refractivity contribution in [3.8, 4) is 23.3 Å². The number of methoxy groups -OCH3 is 3. The number of esters is 1. The first-order valence-corrected chi connectivity index (χ1v) is 9.52. The van der Waals surface area contributed by atoms with Crippen LogP contribution in [0.5, 0.6) is 11.5 Å². The molecule has 0 spiro atoms. The van der Waals surface area contributed by atoms with Crippen LogP contribution >= 0.6 is 0 Å². The van der Waals surface area contributed by atoms with E-state index in [1.54, 1.807) is 43.5 Å². The summed E-state index contributed by atoms with van der Waals surface area (Å²) in [5.74, 6) is 0.0393. The molecule has 0 aliphatic heterocycles. The molecule has 9 nitrogen and oxygen atoms in total. The number of aromatic nitrogens is 1. The van der Waals surface area contributed by atoms with E-state index in [4.69, 9.17) is 19.9 Å². The van der Waals surface area contributed by atoms with Crippen LogP contribution in [0, 0.1) is 11.3 Å². The van der Waals surface area contributed by atoms with Gasteiger partial charge >= 0.3 is 5.97 Å². The van der Waals surface area contributed by atoms with Gasteiger partial charge in [-0.15, -0.1) is 0 Å². The van der Waals surface area contributed by atoms with Crippen molar-refractivity contribution in [1.82, 2.24) is 9.88 Å². The first-order valence-electron chi connectivity index (χ1n) is 9.52. The zero-order valence-corrected chi connectivity index (χ0v) is 17.8. The Kier molecular flexibility index (Phi) is 6.65. The summed E-state index contributed by atoms with van der Waals surface area (Å²) < 4.78 is 16.7. The summed E-state index contributed by atoms with van der Waals surface area (Å²) >= 11 is 0. The third kappa shape index (κ3) is 4.20. The molecule has 1 amide bonds. The van der Waals surface area contributed by atoms with Gasteiger partial charge in [-0.1, -0.05) is 18.2 Å². The van der Waals surface area contributed by atoms with E-state index >= 15 is 0 Å². The molecule has 0 radical (unpaired) electrons. The average molecular weight is 434 g/mol. The minimum absolute atomic E-state index is 0.0140. The zero-order chi connectivity index (χ0) is 23.3. The Labute approximate surface area is 184 Å². The second-order valence-corrected chi connectivity index (χ2v) is 6.67. The van der Waals surface area contributed by atoms with E-state index in [2.05, 4.69) is 5.32 Å². The van der Waals surface area contributed by atoms with Crippen LogP contribution in [-0.4, -0.2) is 37.8 Å². The largest absolute Gasteiger partial charge is 0.493 e. The van der Waals surface area contributed by atoms with Gasteiger partial charge in [-0.2, -0.15) is 5.26 Å². The summed E-state index contributed by atoms with van der Waals surface area (Å²) in [7, 11) is 4.30. The predicted octanol–water partition coefficient (Wildman–Crippen LogP) is 2.66. The molecule has 0 saturated heterocycles. The molecule has 1 aromatic heterocycles. The highest BCUT2D eigenvalue weighted by Gasteiger charge is 2.24. The highest BCUT2D eigenvalue weighted by molar-refractivity contribution is 6.00. The fourth-order valence-electron chi connectivity index (χ4n) is 3.25. The van der Waals surface area contributed by atoms with E-state index in [-0.39, 0.29) is 35.0 Å². The predicted molar refractivity (Wildman–Crippen MR) is 117 cm³/mol. The minimum Gasteiger partial charge on any atom is -0.493 e. The maximum absolute atomic E-state index is 13.0. The van der Waals surface area contributed by atoms with Crippen LogP contribution in [0.15, 0.2) is 48.7 Å². The lowest BCUT2D eigenvalue weighted by Gasteiger charge is -2.14. The van der Waals surface area contributed by atoms with Crippen molar-refractivity contribution in [3.05, 3.63) is 71.0 Å². The highest BCUT2D eigenvalue weighted by atomic mass is 16.5. The molecule has 3 rings (SSSR count). The van der Waals surface area contributed by atoms with Gasteiger partial charge in [0.25, 0.3) is 5.91 Å². The normalized spacial score (nSPS) is 10.2. The van der Waals surface area contributed by atoms with Crippen molar-refractivity contribution in [2.24, 2.45) is 0 Å². The van der Waals surface area contributed by atoms with Crippen molar-refractivity contribution < 1.29 is 23.8 Å². The number of amides is 1. The van der Waals surface area contributed by atoms with Gasteiger partial charge in [0.1, 0.15) is 6.07 Å². The zero-order valence-electron chi connectivity index (χ0n) is 17.8. The van der Waals surface area contributed by atoms with Crippen LogP contribution in [0.2, 0.25) is 0 Å². The molecule has 3 N–H and O–H groups in total. The lowest BCUT2D eigenvalue weighted by molar-refractivity contribution is 0.0592. The number of nitrogen functional groups attached to an aromatic ring is 1. The van der Waals surface area contributed by atoms with Crippen molar-refractivity contribution in [2.45, 2.75) is 6.54 Å². The number of carbonyl (C=O) groups is 2. The van der Waals surface area contributed by atoms with Gasteiger partial charge in [-0.25, -0.2) is 4.79 Å². The molecule has 164 valence electrons. The topological polar surface area (TPSA) is 129 Å². The Morgan fingerprint density at radius 3 is 2.47 bits per heavy atom. The van der Waals surface area contributed by atoms with Gasteiger partial charge in [0.2, 0.25) is 0 Å². The van der Waals surface area contributed by atoms with Crippen LogP contribution in [0.1, 0.15) is 32.0 Å². The van der Waals surface area contributed by atoms with Crippen LogP contribution in [0.4, 0.5) is 5.69 Å². The van der Waals surface area contributed by atoms with E-state index in [1.807, 2.05) is 12.1 Å². The molecule has 9 heteroatoms. The summed E-state index contributed by atoms with van der Waals surface area (Å²) in [5.41, 5.74) is 7.51. The average Bonchev–Trinajstić information content (AvgIpc) is 3.17. The first kappa shape index (κ1) is 22.2. The molecule has 1 heterocycles. The van der Waals surface area contributed by atoms with Gasteiger partial charge < -0.3 is 29.8 Å². The molecule has 0 saturated carbocycles. The van der Waals surface area contributed by atoms with Gasteiger partial charge in [0.05, 0.1) is 43.8 Å². The van der Waals surface area contributed by atoms with Gasteiger partial charge in [-0.3, -0.25) is 4.79 Å². The van der Waals surface area contributed by atoms with E-state index < -0.39 is 5.97 Å². The molecule has 0 unspecified atom stereocenters. The molecular weight excluding hydrogens is 412 g/mol. The first-order chi connectivity index (χ1) is 15.4. The van der Waals surface area contributed by atoms with Crippen LogP contribution in [0.25, 0.3) is 5.69 Å². The number of ether oxygens (including phenoxy) is 3. The molecule has 3 aromatic rings. The van der Waals surface area contributed by atoms with E-state index in [0.29, 0.717) is 17.2 Å². The number of nitrogens with one attached hydrogen (secondary N) is 1. The maximum Gasteiger partial charge on any atom is 0.357 e. The molecule has 0 aliphatic carbocycles. The fraction of sp³-hybridized carbons (Fsp3) is 0.174. The summed E-state index contributed by atoms with van der Waals surface area (Å²) in [5, 5.41) is 12.2. The number of hydrogen-bond donors (Lipinski definition) is 2. The van der Waals surface area contributed by atoms with Gasteiger partial charge in [-0.05, 0) is 29.8 Å². The number of benzene rings is 2. The van der Waals surface area contributed by atoms with Gasteiger partial charge in [0.15, 0.2) is 17.2 Å². The molecule has 0 bridgehead atoms. The number of carbonyl (C=O) groups excluding carboxylic acids is 2. The second-order valence-electron chi connectivity index (χ2n) is 6.67. The smallest absolute Gasteiger partial charge is 0.357 e. The summed E-state index contributed by atoms with van der Waals surface area (Å²) in [6, 6.07) is 14.0. The number of nitriles is 1. The van der Waals surface area contributed by atoms with Crippen molar-refractivity contribution in [3.63, 3.8) is 0 Å². The Morgan fingerprint density at radius 2 is 1.81 bits per heavy atom. The number of nitrogens with zero attached hydrogens (tertiary/aromatic N) is 2. The lowest BCUT2D eigenvalue weighted by Crippen LogP contribution is -2.24. The molecule has 32 heavy (non-hydrogen) atoms. The number of rotatable bonds is 7. The van der Waals surface area contributed by atoms with Crippen molar-refractivity contribution in [1.29, 1.82) is 5.26 Å². The third-order valence-electron chi connectivity index (χ3n) is 4.85. The van der Waals surface area contributed by atoms with Gasteiger partial charge in [0, 0.05) is 12.7 Å². The van der Waals surface area contributed by atoms with Crippen molar-refractivity contribution in [2.75, 3.05) is 27.1 Å². The summed E-state index contributed by atoms with van der Waals surface area (Å²) in [6.45, 7) is 0.231. The number of hydrogen-bond acceptors (Lipinski definition) is 7. The molecule has 0 atom stereocenters. The number of para-hydroxylation sites is 1. The molecular formula is C23H22N4O5. The summed E-state index contributed by atoms with van der Waals surface area (Å²) in [6.07, 6.45) is 1.40. The Bertz CT molecular complexity index is 1210. The third-order valence-corrected chi connectivity index (χ3v) is 4.85. The quantitative estimate of drug-likeness (QED) is 0.547. The fourth-order valence-corrected chi connectivity index (χ4v) is 3.25. The van der Waals surface area contributed by atoms with Crippen LogP contribution in [-0.2, 0) is 11.3 Å². The Hall–Kier alpha value is -4.45. The molecule has 0 aliphatic rings. The second kappa shape index (κ2) is 9.57. The van der Waals surface area contributed by atoms with E-state index in [9.17, 15) is 14.9 Å². The van der Waals surface area contributed by atoms with E-state index in [0.717, 1.165) is 5.56 Å². The standard InChI is InChI=1S/C23H22N4O5/c1-30-18-9-8-14(10-19(18)31-2)12-26-22(28)16-6-4-5-7-17(16)27-13-15(11-24)20(25)21(27)23(29)32-3/h4-10,13H,12,25H2,1-3H3,(H,26,28). The number of anilines is 1. The minimum atomic E-state index is -0.718. The SMILES string of the molecule is COC(=O)c1c(N)c(C#N)cn1-c1ccccc1C(=O)NCc1ccc(OC)c(OC)c1. The van der Waals surface area contributed by atoms with Crippen molar-refractivity contribution >= 4 is 17.6 Å². The highest BCUT2D eigenvalue weighted by Crippen LogP contribution is 2.28. The van der Waals surface area contributed by atoms with E-state index in [1.165, 1.54) is 25.0 Å². The maximum atomic E-state index is 13.0. The Morgan fingerprint density at radius 1 is 1.09 bits per heavy atom. The summed E-state index contributed by atoms with van der Waals surface area (Å²) in [4.78, 5) is 25.3. The monoisotopic (exact) mass is 434 g/mol. The number of nitrogens with two attached hydrogens (primary N) is 1.